The van der Waals surface area contributed by atoms with Gasteiger partial charge in [-0.25, -0.2) is 0 Å². The molecule has 0 amide bonds. The van der Waals surface area contributed by atoms with Crippen LogP contribution in [0.1, 0.15) is 25.3 Å². The Morgan fingerprint density at radius 2 is 2.00 bits per heavy atom. The average molecular weight is 286 g/mol. The van der Waals surface area contributed by atoms with E-state index in [-0.39, 0.29) is 17.6 Å². The number of allylic oxidation sites excluding steroid dienone is 2. The highest BCUT2D eigenvalue weighted by Gasteiger charge is 2.38. The summed E-state index contributed by atoms with van der Waals surface area (Å²) in [4.78, 5) is 12.6. The van der Waals surface area contributed by atoms with Gasteiger partial charge in [0.1, 0.15) is 0 Å². The lowest BCUT2D eigenvalue weighted by Gasteiger charge is -2.15. The van der Waals surface area contributed by atoms with Crippen molar-refractivity contribution in [2.75, 3.05) is 0 Å². The summed E-state index contributed by atoms with van der Waals surface area (Å²) < 4.78 is 0. The summed E-state index contributed by atoms with van der Waals surface area (Å²) in [6.45, 7) is 7.60. The lowest BCUT2D eigenvalue weighted by Crippen LogP contribution is -2.34. The Morgan fingerprint density at radius 1 is 1.35 bits per heavy atom. The molecule has 0 aliphatic heterocycles. The molecule has 1 aromatic carbocycles. The van der Waals surface area contributed by atoms with E-state index in [9.17, 15) is 4.79 Å². The van der Waals surface area contributed by atoms with Gasteiger partial charge >= 0.3 is 0 Å². The molecule has 0 spiro atoms. The summed E-state index contributed by atoms with van der Waals surface area (Å²) in [6, 6.07) is 9.86. The highest BCUT2D eigenvalue weighted by Crippen LogP contribution is 2.39. The molecule has 2 unspecified atom stereocenters. The molecule has 1 aromatic rings. The molecule has 2 N–H and O–H groups in total. The fourth-order valence-corrected chi connectivity index (χ4v) is 2.74. The lowest BCUT2D eigenvalue weighted by molar-refractivity contribution is -0.116. The molecule has 104 valence electrons. The van der Waals surface area contributed by atoms with Crippen LogP contribution in [0.2, 0.25) is 0 Å². The Kier molecular flexibility index (Phi) is 4.35. The number of benzene rings is 1. The fraction of sp³-hybridized carbons (Fsp3) is 0.250. The first-order valence-corrected chi connectivity index (χ1v) is 6.95. The van der Waals surface area contributed by atoms with E-state index in [0.717, 1.165) is 11.1 Å². The summed E-state index contributed by atoms with van der Waals surface area (Å²) in [5.41, 5.74) is 2.69. The molecule has 0 heterocycles. The average Bonchev–Trinajstić information content (AvgIpc) is 2.64. The Labute approximate surface area is 124 Å². The first-order chi connectivity index (χ1) is 9.56. The molecule has 2 rings (SSSR count). The van der Waals surface area contributed by atoms with E-state index >= 15 is 0 Å². The summed E-state index contributed by atoms with van der Waals surface area (Å²) in [6.07, 6.45) is 1.49. The third-order valence-electron chi connectivity index (χ3n) is 3.74. The van der Waals surface area contributed by atoms with E-state index in [0.29, 0.717) is 10.8 Å². The van der Waals surface area contributed by atoms with E-state index in [1.807, 2.05) is 37.3 Å². The molecule has 4 heteroatoms. The molecule has 0 saturated carbocycles. The number of nitrogens with one attached hydrogen (secondary N) is 2. The van der Waals surface area contributed by atoms with Crippen molar-refractivity contribution in [3.63, 3.8) is 0 Å². The van der Waals surface area contributed by atoms with Crippen LogP contribution >= 0.6 is 12.2 Å². The summed E-state index contributed by atoms with van der Waals surface area (Å²) in [7, 11) is 0. The van der Waals surface area contributed by atoms with Gasteiger partial charge in [-0.15, -0.1) is 0 Å². The van der Waals surface area contributed by atoms with Crippen LogP contribution in [-0.2, 0) is 4.79 Å². The first-order valence-electron chi connectivity index (χ1n) is 6.54. The van der Waals surface area contributed by atoms with E-state index < -0.39 is 0 Å². The van der Waals surface area contributed by atoms with Crippen molar-refractivity contribution in [1.82, 2.24) is 10.6 Å². The Bertz CT molecular complexity index is 577. The molecule has 1 aliphatic carbocycles. The van der Waals surface area contributed by atoms with Gasteiger partial charge in [-0.3, -0.25) is 4.79 Å². The summed E-state index contributed by atoms with van der Waals surface area (Å²) in [5, 5.41) is 6.16. The zero-order valence-corrected chi connectivity index (χ0v) is 12.5. The van der Waals surface area contributed by atoms with Crippen LogP contribution in [0, 0.1) is 5.92 Å². The molecule has 20 heavy (non-hydrogen) atoms. The second kappa shape index (κ2) is 6.01. The van der Waals surface area contributed by atoms with Crippen LogP contribution in [0.5, 0.6) is 0 Å². The zero-order chi connectivity index (χ0) is 14.7. The van der Waals surface area contributed by atoms with Crippen molar-refractivity contribution >= 4 is 23.1 Å². The third kappa shape index (κ3) is 2.65. The fourth-order valence-electron chi connectivity index (χ4n) is 2.56. The maximum absolute atomic E-state index is 12.6. The maximum Gasteiger partial charge on any atom is 0.187 e. The lowest BCUT2D eigenvalue weighted by atomic mass is 9.87. The molecule has 3 nitrogen and oxygen atoms in total. The Balaban J connectivity index is 2.25. The Hall–Kier alpha value is -1.94. The number of rotatable bonds is 3. The summed E-state index contributed by atoms with van der Waals surface area (Å²) in [5.74, 6) is 0.124. The number of carbonyl (C=O) groups excluding carboxylic acids is 1. The topological polar surface area (TPSA) is 41.1 Å². The highest BCUT2D eigenvalue weighted by atomic mass is 32.1. The number of Topliss-reactive ketones (excluding diaryl/α,β-unsaturated/α-hetero) is 1. The van der Waals surface area contributed by atoms with Crippen molar-refractivity contribution in [1.29, 1.82) is 0 Å². The largest absolute Gasteiger partial charge is 0.340 e. The molecule has 0 radical (unpaired) electrons. The normalized spacial score (nSPS) is 21.8. The minimum absolute atomic E-state index is 0.0920. The minimum atomic E-state index is -0.134. The smallest absolute Gasteiger partial charge is 0.187 e. The molecule has 1 aliphatic rings. The molecule has 2 atom stereocenters. The molecule has 0 bridgehead atoms. The first kappa shape index (κ1) is 14.5. The third-order valence-corrected chi connectivity index (χ3v) is 3.96. The molecule has 0 aromatic heterocycles. The zero-order valence-electron chi connectivity index (χ0n) is 11.6. The number of ketones is 1. The van der Waals surface area contributed by atoms with Gasteiger partial charge in [-0.2, -0.15) is 0 Å². The van der Waals surface area contributed by atoms with E-state index in [1.165, 1.54) is 6.20 Å². The van der Waals surface area contributed by atoms with Crippen molar-refractivity contribution in [3.8, 4) is 0 Å². The van der Waals surface area contributed by atoms with Crippen LogP contribution in [0.25, 0.3) is 0 Å². The number of carbonyl (C=O) groups is 1. The van der Waals surface area contributed by atoms with Gasteiger partial charge in [0.15, 0.2) is 10.9 Å². The van der Waals surface area contributed by atoms with E-state index in [4.69, 9.17) is 12.2 Å². The van der Waals surface area contributed by atoms with E-state index in [1.54, 1.807) is 0 Å². The van der Waals surface area contributed by atoms with Crippen LogP contribution in [0.3, 0.4) is 0 Å². The second-order valence-corrected chi connectivity index (χ2v) is 5.31. The number of hydrogen-bond acceptors (Lipinski definition) is 2. The standard InChI is InChI=1S/C16H18N2OS/c1-4-17-16(20)18-14-11(3)10(2)13(15(14)19)12-8-6-5-7-9-12/h4-10,13H,1H2,2-3H3,(H2,17,18,20). The predicted molar refractivity (Wildman–Crippen MR) is 85.1 cm³/mol. The van der Waals surface area contributed by atoms with Gasteiger partial charge in [0.05, 0.1) is 11.6 Å². The van der Waals surface area contributed by atoms with Crippen LogP contribution in [0.4, 0.5) is 0 Å². The van der Waals surface area contributed by atoms with Gasteiger partial charge < -0.3 is 10.6 Å². The van der Waals surface area contributed by atoms with Gasteiger partial charge in [0, 0.05) is 0 Å². The van der Waals surface area contributed by atoms with Gasteiger partial charge in [0.2, 0.25) is 0 Å². The maximum atomic E-state index is 12.6. The SMILES string of the molecule is C=CNC(=S)NC1=C(C)C(C)C(c2ccccc2)C1=O. The highest BCUT2D eigenvalue weighted by molar-refractivity contribution is 7.80. The Morgan fingerprint density at radius 3 is 2.60 bits per heavy atom. The van der Waals surface area contributed by atoms with Gasteiger partial charge in [-0.1, -0.05) is 43.8 Å². The van der Waals surface area contributed by atoms with Gasteiger partial charge in [0.25, 0.3) is 0 Å². The van der Waals surface area contributed by atoms with E-state index in [2.05, 4.69) is 24.1 Å². The summed E-state index contributed by atoms with van der Waals surface area (Å²) >= 11 is 5.11. The van der Waals surface area contributed by atoms with Crippen LogP contribution in [-0.4, -0.2) is 10.9 Å². The van der Waals surface area contributed by atoms with Crippen molar-refractivity contribution in [2.45, 2.75) is 19.8 Å². The monoisotopic (exact) mass is 286 g/mol. The second-order valence-electron chi connectivity index (χ2n) is 4.90. The van der Waals surface area contributed by atoms with Crippen LogP contribution < -0.4 is 10.6 Å². The molecular weight excluding hydrogens is 268 g/mol. The van der Waals surface area contributed by atoms with Crippen LogP contribution in [0.15, 0.2) is 54.4 Å². The molecule has 0 saturated heterocycles. The van der Waals surface area contributed by atoms with Crippen molar-refractivity contribution in [2.24, 2.45) is 5.92 Å². The predicted octanol–water partition coefficient (Wildman–Crippen LogP) is 2.87. The molecular formula is C16H18N2OS. The quantitative estimate of drug-likeness (QED) is 0.838. The van der Waals surface area contributed by atoms with Crippen molar-refractivity contribution in [3.05, 3.63) is 59.9 Å². The molecule has 0 fully saturated rings. The minimum Gasteiger partial charge on any atom is -0.340 e. The van der Waals surface area contributed by atoms with Crippen molar-refractivity contribution < 1.29 is 4.79 Å². The van der Waals surface area contributed by atoms with Gasteiger partial charge in [-0.05, 0) is 42.4 Å². The number of hydrogen-bond donors (Lipinski definition) is 2. The number of thiocarbonyl (C=S) groups is 1.